The maximum atomic E-state index is 15.0. The molecule has 3 fully saturated rings. The van der Waals surface area contributed by atoms with Gasteiger partial charge >= 0.3 is 5.97 Å². The van der Waals surface area contributed by atoms with E-state index in [1.54, 1.807) is 27.6 Å². The summed E-state index contributed by atoms with van der Waals surface area (Å²) in [5.74, 6) is -2.07. The Morgan fingerprint density at radius 3 is 2.38 bits per heavy atom. The Hall–Kier alpha value is -2.78. The molecule has 1 N–H and O–H groups in total. The number of fused-ring (bicyclic) bond motifs is 1. The van der Waals surface area contributed by atoms with Gasteiger partial charge in [0.2, 0.25) is 5.91 Å². The van der Waals surface area contributed by atoms with Gasteiger partial charge in [-0.3, -0.25) is 14.4 Å². The van der Waals surface area contributed by atoms with Crippen molar-refractivity contribution in [1.82, 2.24) is 4.90 Å². The summed E-state index contributed by atoms with van der Waals surface area (Å²) in [6, 6.07) is 6.59. The molecule has 8 atom stereocenters. The summed E-state index contributed by atoms with van der Waals surface area (Å²) < 4.78 is 4.99. The number of esters is 1. The van der Waals surface area contributed by atoms with Crippen LogP contribution in [0.5, 0.6) is 0 Å². The monoisotopic (exact) mass is 639 g/mol. The molecule has 9 heteroatoms. The van der Waals surface area contributed by atoms with Crippen molar-refractivity contribution in [2.45, 2.75) is 88.8 Å². The van der Waals surface area contributed by atoms with Crippen molar-refractivity contribution in [3.05, 3.63) is 49.6 Å². The Morgan fingerprint density at radius 2 is 1.80 bits per heavy atom. The number of nitrogens with zero attached hydrogens (tertiary/aromatic N) is 3. The summed E-state index contributed by atoms with van der Waals surface area (Å²) >= 11 is 1.64. The van der Waals surface area contributed by atoms with Crippen LogP contribution in [0.2, 0.25) is 0 Å². The molecular weight excluding hydrogens is 586 g/mol. The van der Waals surface area contributed by atoms with Crippen LogP contribution in [0.3, 0.4) is 0 Å². The van der Waals surface area contributed by atoms with Gasteiger partial charge in [-0.2, -0.15) is 0 Å². The van der Waals surface area contributed by atoms with Crippen LogP contribution in [0.1, 0.15) is 66.7 Å². The summed E-state index contributed by atoms with van der Waals surface area (Å²) in [5, 5.41) is 10.6. The number of hydrogen-bond donors (Lipinski definition) is 1. The van der Waals surface area contributed by atoms with E-state index in [0.717, 1.165) is 56.6 Å². The number of anilines is 2. The van der Waals surface area contributed by atoms with Gasteiger partial charge in [0.1, 0.15) is 6.04 Å². The SMILES string of the molecule is C=CCCCCOC(=O)[C@@H]1[C@@H]2CC(C)C3(S2)C(C(=O)N(CC=C)c2ccc(N(CC)CC)cc2)N([C@@H](CO)[C@@H](C)CC)C(=O)[C@H]13. The lowest BCUT2D eigenvalue weighted by Gasteiger charge is -2.43. The van der Waals surface area contributed by atoms with E-state index in [2.05, 4.69) is 38.8 Å². The van der Waals surface area contributed by atoms with Gasteiger partial charge < -0.3 is 24.5 Å². The first kappa shape index (κ1) is 35.1. The Bertz CT molecular complexity index is 1220. The number of carbonyl (C=O) groups is 3. The van der Waals surface area contributed by atoms with Crippen LogP contribution < -0.4 is 9.80 Å². The molecule has 8 nitrogen and oxygen atoms in total. The molecule has 3 heterocycles. The molecule has 0 aromatic heterocycles. The van der Waals surface area contributed by atoms with Gasteiger partial charge in [0.05, 0.1) is 35.8 Å². The molecule has 248 valence electrons. The predicted molar refractivity (Wildman–Crippen MR) is 183 cm³/mol. The van der Waals surface area contributed by atoms with Crippen molar-refractivity contribution in [3.63, 3.8) is 0 Å². The molecule has 2 amide bonds. The number of unbranched alkanes of at least 4 members (excludes halogenated alkanes) is 2. The molecule has 0 aliphatic carbocycles. The molecule has 4 rings (SSSR count). The molecule has 45 heavy (non-hydrogen) atoms. The van der Waals surface area contributed by atoms with Gasteiger partial charge in [0, 0.05) is 36.3 Å². The van der Waals surface area contributed by atoms with E-state index >= 15 is 4.79 Å². The first-order valence-electron chi connectivity index (χ1n) is 16.8. The quantitative estimate of drug-likeness (QED) is 0.133. The highest BCUT2D eigenvalue weighted by Crippen LogP contribution is 2.69. The average molecular weight is 640 g/mol. The number of benzene rings is 1. The van der Waals surface area contributed by atoms with E-state index in [1.807, 2.05) is 44.2 Å². The Labute approximate surface area is 274 Å². The van der Waals surface area contributed by atoms with Gasteiger partial charge in [-0.15, -0.1) is 24.9 Å². The second-order valence-electron chi connectivity index (χ2n) is 12.8. The zero-order valence-electron chi connectivity index (χ0n) is 27.8. The van der Waals surface area contributed by atoms with Crippen LogP contribution in [0.25, 0.3) is 0 Å². The second-order valence-corrected chi connectivity index (χ2v) is 14.4. The number of amides is 2. The number of thioether (sulfide) groups is 1. The number of likely N-dealkylation sites (tertiary alicyclic amines) is 1. The third-order valence-corrected chi connectivity index (χ3v) is 12.5. The Morgan fingerprint density at radius 1 is 1.13 bits per heavy atom. The highest BCUT2D eigenvalue weighted by atomic mass is 32.2. The minimum absolute atomic E-state index is 0.0175. The van der Waals surface area contributed by atoms with Crippen molar-refractivity contribution in [1.29, 1.82) is 0 Å². The predicted octanol–water partition coefficient (Wildman–Crippen LogP) is 5.70. The first-order valence-corrected chi connectivity index (χ1v) is 17.7. The van der Waals surface area contributed by atoms with Crippen molar-refractivity contribution in [2.24, 2.45) is 23.7 Å². The minimum atomic E-state index is -0.834. The van der Waals surface area contributed by atoms with Crippen LogP contribution in [-0.4, -0.2) is 82.7 Å². The largest absolute Gasteiger partial charge is 0.465 e. The first-order chi connectivity index (χ1) is 21.7. The van der Waals surface area contributed by atoms with E-state index in [0.29, 0.717) is 6.61 Å². The number of allylic oxidation sites excluding steroid dienone is 1. The highest BCUT2D eigenvalue weighted by molar-refractivity contribution is 8.02. The molecule has 1 aromatic carbocycles. The van der Waals surface area contributed by atoms with Gasteiger partial charge in [-0.25, -0.2) is 0 Å². The summed E-state index contributed by atoms with van der Waals surface area (Å²) in [6.45, 7) is 20.2. The smallest absolute Gasteiger partial charge is 0.310 e. The van der Waals surface area contributed by atoms with Crippen molar-refractivity contribution >= 4 is 40.9 Å². The zero-order valence-corrected chi connectivity index (χ0v) is 28.6. The molecule has 0 saturated carbocycles. The van der Waals surface area contributed by atoms with Crippen LogP contribution in [-0.2, 0) is 19.1 Å². The number of aliphatic hydroxyl groups excluding tert-OH is 1. The number of aliphatic hydroxyl groups is 1. The molecule has 3 saturated heterocycles. The van der Waals surface area contributed by atoms with E-state index in [1.165, 1.54) is 0 Å². The second kappa shape index (κ2) is 15.2. The number of carbonyl (C=O) groups excluding carboxylic acids is 3. The third kappa shape index (κ3) is 6.31. The van der Waals surface area contributed by atoms with E-state index in [9.17, 15) is 14.7 Å². The average Bonchev–Trinajstić information content (AvgIpc) is 3.64. The fraction of sp³-hybridized carbons (Fsp3) is 0.639. The van der Waals surface area contributed by atoms with Gasteiger partial charge in [-0.1, -0.05) is 39.3 Å². The topological polar surface area (TPSA) is 90.4 Å². The summed E-state index contributed by atoms with van der Waals surface area (Å²) in [5.41, 5.74) is 1.81. The maximum Gasteiger partial charge on any atom is 0.310 e. The maximum absolute atomic E-state index is 15.0. The minimum Gasteiger partial charge on any atom is -0.465 e. The zero-order chi connectivity index (χ0) is 32.9. The molecule has 0 radical (unpaired) electrons. The number of ether oxygens (including phenoxy) is 1. The van der Waals surface area contributed by atoms with Crippen LogP contribution in [0.4, 0.5) is 11.4 Å². The van der Waals surface area contributed by atoms with Crippen LogP contribution >= 0.6 is 11.8 Å². The molecular formula is C36H53N3O5S. The van der Waals surface area contributed by atoms with Gasteiger partial charge in [0.15, 0.2) is 0 Å². The fourth-order valence-electron chi connectivity index (χ4n) is 7.87. The van der Waals surface area contributed by atoms with E-state index in [-0.39, 0.29) is 48.0 Å². The fourth-order valence-corrected chi connectivity index (χ4v) is 10.3. The molecule has 1 aromatic rings. The lowest BCUT2D eigenvalue weighted by atomic mass is 9.66. The van der Waals surface area contributed by atoms with Crippen molar-refractivity contribution < 1.29 is 24.2 Å². The molecule has 3 aliphatic rings. The normalized spacial score (nSPS) is 28.0. The summed E-state index contributed by atoms with van der Waals surface area (Å²) in [6.07, 6.45) is 7.51. The molecule has 3 unspecified atom stereocenters. The van der Waals surface area contributed by atoms with Crippen LogP contribution in [0.15, 0.2) is 49.6 Å². The van der Waals surface area contributed by atoms with Gasteiger partial charge in [-0.05, 0) is 75.6 Å². The number of rotatable bonds is 17. The highest BCUT2D eigenvalue weighted by Gasteiger charge is 2.77. The summed E-state index contributed by atoms with van der Waals surface area (Å²) in [7, 11) is 0. The van der Waals surface area contributed by atoms with E-state index in [4.69, 9.17) is 4.74 Å². The standard InChI is InChI=1S/C36H53N3O5S/c1-8-13-14-15-21-44-35(43)30-29-22-25(7)36(45-29)31(30)33(41)39(28(23-40)24(6)10-3)32(36)34(42)38(20-9-2)27-18-16-26(17-19-27)37(11-4)12-5/h8-9,16-19,24-25,28-32,40H,1-2,10-15,20-23H2,3-7H3/t24-,25?,28-,29-,30+,31-,32?,36?/m0/s1. The van der Waals surface area contributed by atoms with Crippen LogP contribution in [0, 0.1) is 23.7 Å². The third-order valence-electron chi connectivity index (χ3n) is 10.4. The molecule has 1 spiro atoms. The Balaban J connectivity index is 1.76. The molecule has 2 bridgehead atoms. The van der Waals surface area contributed by atoms with E-state index < -0.39 is 28.7 Å². The lowest BCUT2D eigenvalue weighted by Crippen LogP contribution is -2.60. The number of hydrogen-bond acceptors (Lipinski definition) is 7. The van der Waals surface area contributed by atoms with Crippen molar-refractivity contribution in [3.8, 4) is 0 Å². The summed E-state index contributed by atoms with van der Waals surface area (Å²) in [4.78, 5) is 49.0. The lowest BCUT2D eigenvalue weighted by molar-refractivity contribution is -0.155. The molecule has 3 aliphatic heterocycles. The Kier molecular flexibility index (Phi) is 11.9. The van der Waals surface area contributed by atoms with Gasteiger partial charge in [0.25, 0.3) is 5.91 Å². The van der Waals surface area contributed by atoms with Crippen molar-refractivity contribution in [2.75, 3.05) is 42.6 Å².